The maximum atomic E-state index is 10.5. The molecule has 0 saturated carbocycles. The second-order valence-electron chi connectivity index (χ2n) is 9.86. The van der Waals surface area contributed by atoms with Crippen molar-refractivity contribution in [3.63, 3.8) is 0 Å². The number of fused-ring (bicyclic) bond motifs is 1. The average Bonchev–Trinajstić information content (AvgIpc) is 3.30. The molecule has 0 aromatic heterocycles. The van der Waals surface area contributed by atoms with Crippen LogP contribution in [-0.4, -0.2) is 17.0 Å². The second kappa shape index (κ2) is 15.5. The van der Waals surface area contributed by atoms with Gasteiger partial charge >= 0.3 is 5.97 Å². The minimum atomic E-state index is -0.696. The Morgan fingerprint density at radius 1 is 0.892 bits per heavy atom. The number of carbonyl (C=O) groups excluding carboxylic acids is 1. The number of carboxylic acids is 1. The first-order chi connectivity index (χ1) is 17.7. The van der Waals surface area contributed by atoms with Crippen molar-refractivity contribution in [1.29, 1.82) is 0 Å². The van der Waals surface area contributed by atoms with Gasteiger partial charge in [0, 0.05) is 12.0 Å². The number of aliphatic carboxylic acids is 1. The normalized spacial score (nSPS) is 11.4. The Morgan fingerprint density at radius 3 is 2.05 bits per heavy atom. The van der Waals surface area contributed by atoms with Crippen LogP contribution in [0.25, 0.3) is 6.08 Å². The Kier molecular flexibility index (Phi) is 12.3. The highest BCUT2D eigenvalue weighted by Gasteiger charge is 2.12. The second-order valence-corrected chi connectivity index (χ2v) is 9.86. The number of nitrogens with two attached hydrogens (primary N) is 1. The van der Waals surface area contributed by atoms with E-state index in [0.29, 0.717) is 17.9 Å². The van der Waals surface area contributed by atoms with Crippen LogP contribution < -0.4 is 5.73 Å². The highest BCUT2D eigenvalue weighted by molar-refractivity contribution is 5.92. The van der Waals surface area contributed by atoms with Crippen molar-refractivity contribution in [2.24, 2.45) is 11.7 Å². The van der Waals surface area contributed by atoms with E-state index in [-0.39, 0.29) is 5.91 Å². The summed E-state index contributed by atoms with van der Waals surface area (Å²) < 4.78 is 0. The van der Waals surface area contributed by atoms with Crippen molar-refractivity contribution in [3.05, 3.63) is 112 Å². The van der Waals surface area contributed by atoms with Crippen LogP contribution in [-0.2, 0) is 24.1 Å². The molecule has 0 spiro atoms. The Hall–Kier alpha value is -3.66. The lowest BCUT2D eigenvalue weighted by atomic mass is 9.98. The molecule has 0 heterocycles. The molecular formula is C33H41NO3. The highest BCUT2D eigenvalue weighted by Crippen LogP contribution is 2.27. The standard InChI is InChI=1S/C19H20.C8H9NO.C6H12O2/c1-2-16-7-3-4-8-17(16)12-11-15-13-18-9-5-6-10-19(18)14-15;1-6-2-4-7(5-3-6)8(9)10;1-5(2)3-4-6(7)8/h3-10,13H,2,11-12,14H2,1H3;2-5H,1H3,(H2,9,10);5H,3-4H2,1-2H3,(H,7,8). The number of rotatable bonds is 8. The molecule has 4 heteroatoms. The SMILES string of the molecule is CC(C)CCC(=O)O.CCc1ccccc1CCC1=Cc2ccccc2C1.Cc1ccc(C(N)=O)cc1. The first-order valence-corrected chi connectivity index (χ1v) is 13.1. The molecule has 3 aromatic carbocycles. The molecule has 0 saturated heterocycles. The molecule has 4 nitrogen and oxygen atoms in total. The van der Waals surface area contributed by atoms with Crippen molar-refractivity contribution in [2.45, 2.75) is 66.2 Å². The van der Waals surface area contributed by atoms with Gasteiger partial charge in [0.05, 0.1) is 0 Å². The molecule has 0 unspecified atom stereocenters. The molecule has 1 amide bonds. The van der Waals surface area contributed by atoms with Crippen LogP contribution in [0, 0.1) is 12.8 Å². The van der Waals surface area contributed by atoms with Crippen molar-refractivity contribution in [1.82, 2.24) is 0 Å². The van der Waals surface area contributed by atoms with Gasteiger partial charge in [-0.2, -0.15) is 0 Å². The van der Waals surface area contributed by atoms with Gasteiger partial charge in [-0.3, -0.25) is 9.59 Å². The van der Waals surface area contributed by atoms with Crippen LogP contribution >= 0.6 is 0 Å². The van der Waals surface area contributed by atoms with Gasteiger partial charge in [-0.25, -0.2) is 0 Å². The Bertz CT molecular complexity index is 1180. The molecule has 37 heavy (non-hydrogen) atoms. The van der Waals surface area contributed by atoms with E-state index in [1.165, 1.54) is 35.1 Å². The molecule has 0 fully saturated rings. The fraction of sp³-hybridized carbons (Fsp3) is 0.333. The van der Waals surface area contributed by atoms with Gasteiger partial charge in [-0.1, -0.05) is 98.6 Å². The minimum absolute atomic E-state index is 0.303. The molecule has 0 atom stereocenters. The van der Waals surface area contributed by atoms with Crippen molar-refractivity contribution >= 4 is 18.0 Å². The van der Waals surface area contributed by atoms with E-state index in [9.17, 15) is 9.59 Å². The summed E-state index contributed by atoms with van der Waals surface area (Å²) in [6.07, 6.45) is 8.10. The Balaban J connectivity index is 0.000000225. The molecule has 196 valence electrons. The maximum absolute atomic E-state index is 10.5. The summed E-state index contributed by atoms with van der Waals surface area (Å²) in [4.78, 5) is 20.4. The lowest BCUT2D eigenvalue weighted by molar-refractivity contribution is -0.137. The van der Waals surface area contributed by atoms with E-state index < -0.39 is 5.97 Å². The lowest BCUT2D eigenvalue weighted by Gasteiger charge is -2.08. The topological polar surface area (TPSA) is 80.4 Å². The number of allylic oxidation sites excluding steroid dienone is 1. The summed E-state index contributed by atoms with van der Waals surface area (Å²) in [6.45, 7) is 8.24. The third-order valence-electron chi connectivity index (χ3n) is 6.32. The van der Waals surface area contributed by atoms with Crippen LogP contribution in [0.5, 0.6) is 0 Å². The monoisotopic (exact) mass is 499 g/mol. The predicted octanol–water partition coefficient (Wildman–Crippen LogP) is 7.42. The molecular weight excluding hydrogens is 458 g/mol. The van der Waals surface area contributed by atoms with Crippen LogP contribution in [0.4, 0.5) is 0 Å². The van der Waals surface area contributed by atoms with Gasteiger partial charge in [0.1, 0.15) is 0 Å². The summed E-state index contributed by atoms with van der Waals surface area (Å²) in [6, 6.07) is 24.7. The van der Waals surface area contributed by atoms with Crippen LogP contribution in [0.3, 0.4) is 0 Å². The first-order valence-electron chi connectivity index (χ1n) is 13.1. The summed E-state index contributed by atoms with van der Waals surface area (Å²) in [5.41, 5.74) is 14.2. The quantitative estimate of drug-likeness (QED) is 0.338. The van der Waals surface area contributed by atoms with E-state index in [4.69, 9.17) is 10.8 Å². The first kappa shape index (κ1) is 29.6. The van der Waals surface area contributed by atoms with E-state index in [0.717, 1.165) is 24.8 Å². The van der Waals surface area contributed by atoms with Gasteiger partial charge in [0.25, 0.3) is 0 Å². The van der Waals surface area contributed by atoms with Gasteiger partial charge in [0.2, 0.25) is 5.91 Å². The van der Waals surface area contributed by atoms with Gasteiger partial charge in [-0.05, 0) is 79.3 Å². The zero-order valence-electron chi connectivity index (χ0n) is 22.7. The van der Waals surface area contributed by atoms with Gasteiger partial charge in [-0.15, -0.1) is 0 Å². The van der Waals surface area contributed by atoms with Gasteiger partial charge in [0.15, 0.2) is 0 Å². The molecule has 1 aliphatic carbocycles. The van der Waals surface area contributed by atoms with Crippen LogP contribution in [0.1, 0.15) is 78.2 Å². The molecule has 1 aliphatic rings. The number of carbonyl (C=O) groups is 2. The van der Waals surface area contributed by atoms with Crippen molar-refractivity contribution in [2.75, 3.05) is 0 Å². The Labute approximate surface area is 222 Å². The fourth-order valence-corrected chi connectivity index (χ4v) is 4.08. The third-order valence-corrected chi connectivity index (χ3v) is 6.32. The van der Waals surface area contributed by atoms with Crippen LogP contribution in [0.15, 0.2) is 78.4 Å². The number of primary amides is 1. The van der Waals surface area contributed by atoms with Gasteiger partial charge < -0.3 is 10.8 Å². The molecule has 3 N–H and O–H groups in total. The summed E-state index contributed by atoms with van der Waals surface area (Å²) in [5, 5.41) is 8.16. The van der Waals surface area contributed by atoms with E-state index in [1.807, 2.05) is 32.9 Å². The number of aryl methyl sites for hydroxylation is 3. The lowest BCUT2D eigenvalue weighted by Crippen LogP contribution is -2.10. The largest absolute Gasteiger partial charge is 0.481 e. The van der Waals surface area contributed by atoms with E-state index in [1.54, 1.807) is 17.7 Å². The highest BCUT2D eigenvalue weighted by atomic mass is 16.4. The van der Waals surface area contributed by atoms with Crippen molar-refractivity contribution < 1.29 is 14.7 Å². The van der Waals surface area contributed by atoms with E-state index in [2.05, 4.69) is 61.5 Å². The number of benzene rings is 3. The smallest absolute Gasteiger partial charge is 0.303 e. The summed E-state index contributed by atoms with van der Waals surface area (Å²) >= 11 is 0. The molecule has 0 bridgehead atoms. The van der Waals surface area contributed by atoms with E-state index >= 15 is 0 Å². The number of hydrogen-bond donors (Lipinski definition) is 2. The average molecular weight is 500 g/mol. The number of hydrogen-bond acceptors (Lipinski definition) is 2. The molecule has 3 aromatic rings. The molecule has 4 rings (SSSR count). The number of carboxylic acid groups (broad SMARTS) is 1. The maximum Gasteiger partial charge on any atom is 0.303 e. The summed E-state index contributed by atoms with van der Waals surface area (Å²) in [5.74, 6) is -0.565. The predicted molar refractivity (Wildman–Crippen MR) is 154 cm³/mol. The minimum Gasteiger partial charge on any atom is -0.481 e. The fourth-order valence-electron chi connectivity index (χ4n) is 4.08. The number of amides is 1. The summed E-state index contributed by atoms with van der Waals surface area (Å²) in [7, 11) is 0. The third kappa shape index (κ3) is 10.9. The Morgan fingerprint density at radius 2 is 1.51 bits per heavy atom. The van der Waals surface area contributed by atoms with Crippen molar-refractivity contribution in [3.8, 4) is 0 Å². The molecule has 0 radical (unpaired) electrons. The van der Waals surface area contributed by atoms with Crippen LogP contribution in [0.2, 0.25) is 0 Å². The zero-order chi connectivity index (χ0) is 27.2. The molecule has 0 aliphatic heterocycles. The zero-order valence-corrected chi connectivity index (χ0v) is 22.7.